The third kappa shape index (κ3) is 2.95. The third-order valence-electron chi connectivity index (χ3n) is 5.17. The second-order valence-electron chi connectivity index (χ2n) is 6.31. The van der Waals surface area contributed by atoms with Gasteiger partial charge in [0.15, 0.2) is 0 Å². The Hall–Kier alpha value is -1.06. The molecule has 1 unspecified atom stereocenters. The van der Waals surface area contributed by atoms with Gasteiger partial charge in [-0.3, -0.25) is 0 Å². The zero-order chi connectivity index (χ0) is 14.7. The lowest BCUT2D eigenvalue weighted by Crippen LogP contribution is -2.56. The van der Waals surface area contributed by atoms with Gasteiger partial charge in [0.05, 0.1) is 12.2 Å². The largest absolute Gasteiger partial charge is 0.493 e. The average Bonchev–Trinajstić information content (AvgIpc) is 2.91. The van der Waals surface area contributed by atoms with Crippen LogP contribution in [0.3, 0.4) is 0 Å². The number of hydrogen-bond acceptors (Lipinski definition) is 3. The molecule has 1 fully saturated rings. The van der Waals surface area contributed by atoms with Crippen molar-refractivity contribution in [3.63, 3.8) is 0 Å². The summed E-state index contributed by atoms with van der Waals surface area (Å²) < 4.78 is 11.5. The minimum absolute atomic E-state index is 0.0792. The van der Waals surface area contributed by atoms with Gasteiger partial charge in [-0.05, 0) is 55.8 Å². The Balaban J connectivity index is 1.64. The number of likely N-dealkylation sites (N-methyl/N-ethyl adjacent to an activating group) is 1. The molecular weight excluding hydrogens is 262 g/mol. The van der Waals surface area contributed by atoms with E-state index < -0.39 is 0 Å². The fourth-order valence-electron chi connectivity index (χ4n) is 3.72. The molecule has 3 nitrogen and oxygen atoms in total. The van der Waals surface area contributed by atoms with E-state index in [0.29, 0.717) is 6.04 Å². The van der Waals surface area contributed by atoms with Gasteiger partial charge >= 0.3 is 0 Å². The van der Waals surface area contributed by atoms with Crippen LogP contribution in [0.5, 0.6) is 5.75 Å². The van der Waals surface area contributed by atoms with Crippen LogP contribution in [-0.4, -0.2) is 31.9 Å². The number of aryl methyl sites for hydroxylation is 1. The predicted octanol–water partition coefficient (Wildman–Crippen LogP) is 3.10. The van der Waals surface area contributed by atoms with Crippen molar-refractivity contribution in [1.29, 1.82) is 0 Å². The van der Waals surface area contributed by atoms with Gasteiger partial charge in [0, 0.05) is 19.6 Å². The van der Waals surface area contributed by atoms with E-state index in [2.05, 4.69) is 30.4 Å². The Bertz CT molecular complexity index is 477. The molecule has 0 bridgehead atoms. The summed E-state index contributed by atoms with van der Waals surface area (Å²) in [6.07, 6.45) is 6.99. The van der Waals surface area contributed by atoms with E-state index in [0.717, 1.165) is 38.2 Å². The van der Waals surface area contributed by atoms with E-state index in [1.54, 1.807) is 0 Å². The molecule has 1 aromatic rings. The van der Waals surface area contributed by atoms with Crippen molar-refractivity contribution in [2.24, 2.45) is 0 Å². The van der Waals surface area contributed by atoms with Gasteiger partial charge in [-0.1, -0.05) is 19.1 Å². The average molecular weight is 289 g/mol. The molecule has 3 rings (SSSR count). The molecule has 21 heavy (non-hydrogen) atoms. The van der Waals surface area contributed by atoms with Crippen LogP contribution in [0.25, 0.3) is 0 Å². The monoisotopic (exact) mass is 289 g/mol. The molecule has 1 saturated carbocycles. The summed E-state index contributed by atoms with van der Waals surface area (Å²) in [5.41, 5.74) is 2.88. The molecule has 0 amide bonds. The third-order valence-corrected chi connectivity index (χ3v) is 5.17. The second kappa shape index (κ2) is 6.37. The first-order valence-corrected chi connectivity index (χ1v) is 8.30. The summed E-state index contributed by atoms with van der Waals surface area (Å²) in [4.78, 5) is 0. The Morgan fingerprint density at radius 1 is 1.38 bits per heavy atom. The smallest absolute Gasteiger partial charge is 0.122 e. The van der Waals surface area contributed by atoms with E-state index in [-0.39, 0.29) is 5.60 Å². The lowest BCUT2D eigenvalue weighted by Gasteiger charge is -2.47. The molecule has 3 heteroatoms. The maximum absolute atomic E-state index is 5.87. The van der Waals surface area contributed by atoms with Crippen LogP contribution >= 0.6 is 0 Å². The van der Waals surface area contributed by atoms with Crippen LogP contribution in [0.4, 0.5) is 0 Å². The Labute approximate surface area is 128 Å². The number of nitrogens with one attached hydrogen (secondary N) is 1. The van der Waals surface area contributed by atoms with Gasteiger partial charge in [-0.2, -0.15) is 0 Å². The molecule has 0 radical (unpaired) electrons. The minimum Gasteiger partial charge on any atom is -0.493 e. The van der Waals surface area contributed by atoms with E-state index in [9.17, 15) is 0 Å². The lowest BCUT2D eigenvalue weighted by atomic mass is 9.72. The highest BCUT2D eigenvalue weighted by Gasteiger charge is 2.43. The summed E-state index contributed by atoms with van der Waals surface area (Å²) in [5.74, 6) is 1.08. The standard InChI is InChI=1S/C18H27NO2/c1-3-19-17(18(20-2)10-4-11-18)8-6-14-5-7-16-15(13-14)9-12-21-16/h5,7,13,17,19H,3-4,6,8-12H2,1-2H3. The molecule has 1 atom stereocenters. The molecule has 1 N–H and O–H groups in total. The maximum atomic E-state index is 5.87. The summed E-state index contributed by atoms with van der Waals surface area (Å²) in [6.45, 7) is 4.03. The van der Waals surface area contributed by atoms with Crippen LogP contribution in [-0.2, 0) is 17.6 Å². The fourth-order valence-corrected chi connectivity index (χ4v) is 3.72. The topological polar surface area (TPSA) is 30.5 Å². The molecule has 2 aliphatic rings. The molecule has 0 spiro atoms. The first-order chi connectivity index (χ1) is 10.3. The predicted molar refractivity (Wildman–Crippen MR) is 85.0 cm³/mol. The van der Waals surface area contributed by atoms with Crippen molar-refractivity contribution >= 4 is 0 Å². The number of ether oxygens (including phenoxy) is 2. The summed E-state index contributed by atoms with van der Waals surface area (Å²) in [7, 11) is 1.87. The molecular formula is C18H27NO2. The molecule has 1 aliphatic heterocycles. The Morgan fingerprint density at radius 2 is 2.24 bits per heavy atom. The highest BCUT2D eigenvalue weighted by Crippen LogP contribution is 2.39. The maximum Gasteiger partial charge on any atom is 0.122 e. The molecule has 1 heterocycles. The number of benzene rings is 1. The van der Waals surface area contributed by atoms with Crippen molar-refractivity contribution in [3.8, 4) is 5.75 Å². The van der Waals surface area contributed by atoms with Gasteiger partial charge < -0.3 is 14.8 Å². The molecule has 0 aromatic heterocycles. The Morgan fingerprint density at radius 3 is 2.90 bits per heavy atom. The molecule has 0 saturated heterocycles. The number of fused-ring (bicyclic) bond motifs is 1. The highest BCUT2D eigenvalue weighted by atomic mass is 16.5. The quantitative estimate of drug-likeness (QED) is 0.836. The van der Waals surface area contributed by atoms with Crippen LogP contribution in [0, 0.1) is 0 Å². The fraction of sp³-hybridized carbons (Fsp3) is 0.667. The van der Waals surface area contributed by atoms with Crippen molar-refractivity contribution in [2.45, 2.75) is 57.1 Å². The van der Waals surface area contributed by atoms with E-state index in [1.165, 1.54) is 30.4 Å². The normalized spacial score (nSPS) is 20.5. The van der Waals surface area contributed by atoms with Crippen molar-refractivity contribution in [3.05, 3.63) is 29.3 Å². The van der Waals surface area contributed by atoms with Crippen LogP contribution < -0.4 is 10.1 Å². The van der Waals surface area contributed by atoms with E-state index >= 15 is 0 Å². The zero-order valence-corrected chi connectivity index (χ0v) is 13.3. The van der Waals surface area contributed by atoms with Crippen LogP contribution in [0.15, 0.2) is 18.2 Å². The first-order valence-electron chi connectivity index (χ1n) is 8.30. The number of rotatable bonds is 7. The van der Waals surface area contributed by atoms with Crippen LogP contribution in [0.1, 0.15) is 43.7 Å². The zero-order valence-electron chi connectivity index (χ0n) is 13.3. The molecule has 1 aliphatic carbocycles. The summed E-state index contributed by atoms with van der Waals surface area (Å²) >= 11 is 0. The Kier molecular flexibility index (Phi) is 4.51. The molecule has 116 valence electrons. The first kappa shape index (κ1) is 14.9. The van der Waals surface area contributed by atoms with Crippen molar-refractivity contribution in [2.75, 3.05) is 20.3 Å². The number of methoxy groups -OCH3 is 1. The van der Waals surface area contributed by atoms with E-state index in [4.69, 9.17) is 9.47 Å². The van der Waals surface area contributed by atoms with Gasteiger partial charge in [-0.25, -0.2) is 0 Å². The van der Waals surface area contributed by atoms with E-state index in [1.807, 2.05) is 7.11 Å². The van der Waals surface area contributed by atoms with Crippen LogP contribution in [0.2, 0.25) is 0 Å². The molecule has 1 aromatic carbocycles. The second-order valence-corrected chi connectivity index (χ2v) is 6.31. The highest BCUT2D eigenvalue weighted by molar-refractivity contribution is 5.39. The van der Waals surface area contributed by atoms with Gasteiger partial charge in [0.2, 0.25) is 0 Å². The minimum atomic E-state index is 0.0792. The van der Waals surface area contributed by atoms with Gasteiger partial charge in [0.25, 0.3) is 0 Å². The summed E-state index contributed by atoms with van der Waals surface area (Å²) in [6, 6.07) is 7.14. The summed E-state index contributed by atoms with van der Waals surface area (Å²) in [5, 5.41) is 3.65. The lowest BCUT2D eigenvalue weighted by molar-refractivity contribution is -0.0995. The SMILES string of the molecule is CCNC(CCc1ccc2c(c1)CCO2)C1(OC)CCC1. The van der Waals surface area contributed by atoms with Crippen molar-refractivity contribution in [1.82, 2.24) is 5.32 Å². The van der Waals surface area contributed by atoms with Gasteiger partial charge in [-0.15, -0.1) is 0 Å². The number of hydrogen-bond donors (Lipinski definition) is 1. The van der Waals surface area contributed by atoms with Gasteiger partial charge in [0.1, 0.15) is 5.75 Å². The van der Waals surface area contributed by atoms with Crippen molar-refractivity contribution < 1.29 is 9.47 Å².